The van der Waals surface area contributed by atoms with Crippen molar-refractivity contribution in [3.8, 4) is 0 Å². The topological polar surface area (TPSA) is 58.5 Å². The largest absolute Gasteiger partial charge is 0.339 e. The van der Waals surface area contributed by atoms with E-state index in [1.165, 1.54) is 0 Å². The lowest BCUT2D eigenvalue weighted by molar-refractivity contribution is 0.597. The number of nitrogens with one attached hydrogen (secondary N) is 1. The molecule has 0 aliphatic carbocycles. The smallest absolute Gasteiger partial charge is 0.259 e. The second-order valence-corrected chi connectivity index (χ2v) is 16.5. The first kappa shape index (κ1) is 32.0. The van der Waals surface area contributed by atoms with Gasteiger partial charge in [0, 0.05) is 11.0 Å². The molecule has 6 aromatic carbocycles. The van der Waals surface area contributed by atoms with Gasteiger partial charge in [0.1, 0.15) is 0 Å². The number of hydrogen-bond acceptors (Lipinski definition) is 2. The highest BCUT2D eigenvalue weighted by Crippen LogP contribution is 2.48. The van der Waals surface area contributed by atoms with Crippen LogP contribution in [0.5, 0.6) is 0 Å². The van der Waals surface area contributed by atoms with Crippen molar-refractivity contribution >= 4 is 49.6 Å². The van der Waals surface area contributed by atoms with Gasteiger partial charge in [-0.05, 0) is 59.9 Å². The molecule has 0 heterocycles. The number of rotatable bonds is 9. The van der Waals surface area contributed by atoms with E-state index in [1.54, 1.807) is 0 Å². The molecule has 0 aromatic heterocycles. The molecule has 0 radical (unpaired) electrons. The van der Waals surface area contributed by atoms with E-state index in [-0.39, 0.29) is 5.75 Å². The summed E-state index contributed by atoms with van der Waals surface area (Å²) in [4.78, 5) is 0. The van der Waals surface area contributed by atoms with Gasteiger partial charge < -0.3 is 5.32 Å². The van der Waals surface area contributed by atoms with Gasteiger partial charge >= 0.3 is 0 Å². The zero-order valence-corrected chi connectivity index (χ0v) is 28.2. The Morgan fingerprint density at radius 2 is 0.957 bits per heavy atom. The number of anilines is 1. The number of benzene rings is 6. The van der Waals surface area contributed by atoms with Crippen LogP contribution >= 0.6 is 6.89 Å². The van der Waals surface area contributed by atoms with Crippen LogP contribution in [0.3, 0.4) is 0 Å². The number of aryl methyl sites for hydroxylation is 2. The molecule has 0 unspecified atom stereocenters. The normalized spacial score (nSPS) is 12.0. The number of hydrogen-bond donors (Lipinski definition) is 1. The molecule has 0 amide bonds. The third-order valence-corrected chi connectivity index (χ3v) is 13.6. The van der Waals surface area contributed by atoms with E-state index in [2.05, 4.69) is 109 Å². The summed E-state index contributed by atoms with van der Waals surface area (Å²) in [5.41, 5.74) is 4.54. The van der Waals surface area contributed by atoms with Crippen molar-refractivity contribution in [2.45, 2.75) is 19.6 Å². The maximum atomic E-state index is 14.2. The molecular weight excluding hydrogens is 616 g/mol. The summed E-state index contributed by atoms with van der Waals surface area (Å²) in [5, 5.41) is 7.64. The van der Waals surface area contributed by atoms with Gasteiger partial charge in [0.05, 0.1) is 5.75 Å². The Morgan fingerprint density at radius 3 is 1.40 bits per heavy atom. The van der Waals surface area contributed by atoms with E-state index >= 15 is 0 Å². The van der Waals surface area contributed by atoms with Crippen LogP contribution in [-0.4, -0.2) is 19.5 Å². The molecule has 6 heteroatoms. The first-order chi connectivity index (χ1) is 22.8. The molecule has 0 bridgehead atoms. The van der Waals surface area contributed by atoms with Crippen LogP contribution in [0.2, 0.25) is 0 Å². The molecule has 6 aromatic rings. The van der Waals surface area contributed by atoms with Crippen molar-refractivity contribution < 1.29 is 8.42 Å². The van der Waals surface area contributed by atoms with E-state index in [0.29, 0.717) is 11.4 Å². The van der Waals surface area contributed by atoms with Gasteiger partial charge in [-0.25, -0.2) is 8.42 Å². The fraction of sp³-hybridized carbons (Fsp3) is 0.0732. The average Bonchev–Trinajstić information content (AvgIpc) is 3.10. The van der Waals surface area contributed by atoms with Gasteiger partial charge in [0.25, 0.3) is 10.0 Å². The molecule has 0 fully saturated rings. The van der Waals surface area contributed by atoms with Crippen LogP contribution in [0.1, 0.15) is 22.3 Å². The lowest BCUT2D eigenvalue weighted by Crippen LogP contribution is -2.37. The quantitative estimate of drug-likeness (QED) is 0.0983. The Bertz CT molecular complexity index is 2030. The number of amidine groups is 1. The summed E-state index contributed by atoms with van der Waals surface area (Å²) in [6.45, 7) is 1.28. The Morgan fingerprint density at radius 1 is 0.553 bits per heavy atom. The molecule has 0 saturated heterocycles. The predicted molar refractivity (Wildman–Crippen MR) is 202 cm³/mol. The average molecular weight is 653 g/mol. The molecule has 0 aliphatic heterocycles. The molecule has 0 spiro atoms. The second kappa shape index (κ2) is 14.2. The summed E-state index contributed by atoms with van der Waals surface area (Å²) in [6.07, 6.45) is 0. The molecule has 1 N–H and O–H groups in total. The lowest BCUT2D eigenvalue weighted by atomic mass is 10.1. The zero-order chi connectivity index (χ0) is 32.7. The fourth-order valence-corrected chi connectivity index (χ4v) is 11.5. The third kappa shape index (κ3) is 7.23. The molecule has 6 rings (SSSR count). The highest BCUT2D eigenvalue weighted by atomic mass is 32.2. The maximum Gasteiger partial charge on any atom is 0.259 e. The van der Waals surface area contributed by atoms with Crippen LogP contribution < -0.4 is 21.2 Å². The Labute approximate surface area is 278 Å². The van der Waals surface area contributed by atoms with Gasteiger partial charge in [-0.15, -0.1) is 4.40 Å². The van der Waals surface area contributed by atoms with Crippen LogP contribution in [0, 0.1) is 13.8 Å². The first-order valence-corrected chi connectivity index (χ1v) is 19.0. The summed E-state index contributed by atoms with van der Waals surface area (Å²) < 4.78 is 33.0. The van der Waals surface area contributed by atoms with Crippen molar-refractivity contribution in [3.63, 3.8) is 0 Å². The third-order valence-electron chi connectivity index (χ3n) is 8.05. The second-order valence-electron chi connectivity index (χ2n) is 11.5. The number of sulfonamides is 1. The monoisotopic (exact) mass is 652 g/mol. The van der Waals surface area contributed by atoms with Gasteiger partial charge in [-0.3, -0.25) is 0 Å². The van der Waals surface area contributed by atoms with Gasteiger partial charge in [0.15, 0.2) is 5.84 Å². The Kier molecular flexibility index (Phi) is 9.68. The standard InChI is InChI=1S/C41H37N2O2PS/c1-32-23-27-35(28-24-32)40(41(42-36-29-25-33(2)26-30-36)43-47(44,45)31-34-15-7-3-8-16-34)46(37-17-9-4-10-18-37,38-19-11-5-12-20-38)39-21-13-6-14-22-39/h3-30H,31H2,1-2H3,(H,42,43). The van der Waals surface area contributed by atoms with Crippen molar-refractivity contribution in [2.75, 3.05) is 5.32 Å². The molecular formula is C41H37N2O2PS. The lowest BCUT2D eigenvalue weighted by Gasteiger charge is -2.34. The Hall–Kier alpha value is -4.96. The van der Waals surface area contributed by atoms with Crippen LogP contribution in [0.15, 0.2) is 174 Å². The van der Waals surface area contributed by atoms with Gasteiger partial charge in [-0.1, -0.05) is 169 Å². The van der Waals surface area contributed by atoms with Crippen LogP contribution in [-0.2, 0) is 15.8 Å². The summed E-state index contributed by atoms with van der Waals surface area (Å²) in [7, 11) is -4.01. The van der Waals surface area contributed by atoms with E-state index in [1.807, 2.05) is 79.7 Å². The van der Waals surface area contributed by atoms with Gasteiger partial charge in [0.2, 0.25) is 0 Å². The Balaban J connectivity index is 1.81. The summed E-state index contributed by atoms with van der Waals surface area (Å²) in [6, 6.07) is 56.8. The molecule has 0 atom stereocenters. The van der Waals surface area contributed by atoms with Crippen LogP contribution in [0.25, 0.3) is 0 Å². The van der Waals surface area contributed by atoms with E-state index in [9.17, 15) is 8.42 Å². The summed E-state index contributed by atoms with van der Waals surface area (Å²) in [5.74, 6) is 0.0835. The first-order valence-electron chi connectivity index (χ1n) is 15.6. The molecule has 234 valence electrons. The summed E-state index contributed by atoms with van der Waals surface area (Å²) >= 11 is 0. The van der Waals surface area contributed by atoms with E-state index in [4.69, 9.17) is 4.40 Å². The minimum absolute atomic E-state index is 0.221. The SMILES string of the molecule is Cc1ccc(N/C(=N\S(=O)(=O)Cc2ccccc2)C(c2ccc(C)cc2)=P(c2ccccc2)(c2ccccc2)c2ccccc2)cc1. The highest BCUT2D eigenvalue weighted by Gasteiger charge is 2.34. The minimum atomic E-state index is -4.01. The van der Waals surface area contributed by atoms with Gasteiger partial charge in [-0.2, -0.15) is 0 Å². The van der Waals surface area contributed by atoms with Crippen molar-refractivity contribution in [1.29, 1.82) is 0 Å². The predicted octanol–water partition coefficient (Wildman–Crippen LogP) is 7.86. The van der Waals surface area contributed by atoms with Crippen molar-refractivity contribution in [1.82, 2.24) is 0 Å². The zero-order valence-electron chi connectivity index (χ0n) is 26.5. The fourth-order valence-electron chi connectivity index (χ4n) is 5.85. The van der Waals surface area contributed by atoms with Crippen LogP contribution in [0.4, 0.5) is 5.69 Å². The van der Waals surface area contributed by atoms with E-state index < -0.39 is 16.9 Å². The van der Waals surface area contributed by atoms with E-state index in [0.717, 1.165) is 43.6 Å². The molecule has 4 nitrogen and oxygen atoms in total. The molecule has 0 saturated carbocycles. The van der Waals surface area contributed by atoms with Crippen molar-refractivity contribution in [2.24, 2.45) is 4.40 Å². The number of nitrogens with zero attached hydrogens (tertiary/aromatic N) is 1. The highest BCUT2D eigenvalue weighted by molar-refractivity contribution is 7.97. The maximum absolute atomic E-state index is 14.2. The minimum Gasteiger partial charge on any atom is -0.339 e. The molecule has 0 aliphatic rings. The van der Waals surface area contributed by atoms with Crippen molar-refractivity contribution in [3.05, 3.63) is 192 Å². The molecule has 47 heavy (non-hydrogen) atoms.